The van der Waals surface area contributed by atoms with Crippen LogP contribution in [0.15, 0.2) is 29.2 Å². The molecule has 0 aromatic heterocycles. The summed E-state index contributed by atoms with van der Waals surface area (Å²) < 4.78 is 84.9. The number of hydrogen-bond acceptors (Lipinski definition) is 2. The molecule has 2 aromatic rings. The van der Waals surface area contributed by atoms with Crippen LogP contribution in [-0.2, 0) is 11.0 Å². The lowest BCUT2D eigenvalue weighted by molar-refractivity contribution is 0.359. The Bertz CT molecular complexity index is 707. The average molecular weight is 337 g/mol. The predicted octanol–water partition coefficient (Wildman–Crippen LogP) is 3.53. The molecule has 0 saturated carbocycles. The Kier molecular flexibility index (Phi) is 4.65. The SMILES string of the molecule is COc1ccc(NS(=O)c2c(F)c(F)c(F)c(F)c2F)cc1. The summed E-state index contributed by atoms with van der Waals surface area (Å²) in [5, 5.41) is 0. The van der Waals surface area contributed by atoms with E-state index < -0.39 is 45.0 Å². The van der Waals surface area contributed by atoms with Crippen LogP contribution >= 0.6 is 0 Å². The Morgan fingerprint density at radius 3 is 1.77 bits per heavy atom. The summed E-state index contributed by atoms with van der Waals surface area (Å²) in [7, 11) is -1.27. The van der Waals surface area contributed by atoms with Crippen LogP contribution in [0.1, 0.15) is 0 Å². The molecule has 0 aliphatic rings. The minimum absolute atomic E-state index is 0.142. The lowest BCUT2D eigenvalue weighted by atomic mass is 10.3. The van der Waals surface area contributed by atoms with Crippen molar-refractivity contribution >= 4 is 16.7 Å². The molecule has 22 heavy (non-hydrogen) atoms. The number of anilines is 1. The quantitative estimate of drug-likeness (QED) is 0.527. The van der Waals surface area contributed by atoms with Gasteiger partial charge >= 0.3 is 0 Å². The lowest BCUT2D eigenvalue weighted by Gasteiger charge is -2.10. The molecule has 0 bridgehead atoms. The van der Waals surface area contributed by atoms with E-state index in [1.165, 1.54) is 31.4 Å². The van der Waals surface area contributed by atoms with E-state index in [1.54, 1.807) is 0 Å². The summed E-state index contributed by atoms with van der Waals surface area (Å²) >= 11 is 0. The van der Waals surface area contributed by atoms with Gasteiger partial charge in [0.05, 0.1) is 7.11 Å². The molecule has 2 rings (SSSR count). The van der Waals surface area contributed by atoms with Crippen LogP contribution in [0.3, 0.4) is 0 Å². The van der Waals surface area contributed by atoms with Crippen molar-refractivity contribution in [1.29, 1.82) is 0 Å². The Morgan fingerprint density at radius 2 is 1.32 bits per heavy atom. The molecule has 0 saturated heterocycles. The van der Waals surface area contributed by atoms with E-state index >= 15 is 0 Å². The Hall–Kier alpha value is -2.16. The third-order valence-electron chi connectivity index (χ3n) is 2.66. The molecule has 2 aromatic carbocycles. The molecule has 3 nitrogen and oxygen atoms in total. The molecule has 9 heteroatoms. The lowest BCUT2D eigenvalue weighted by Crippen LogP contribution is -2.13. The molecular weight excluding hydrogens is 329 g/mol. The molecule has 0 aliphatic carbocycles. The first-order chi connectivity index (χ1) is 10.4. The summed E-state index contributed by atoms with van der Waals surface area (Å²) in [6.45, 7) is 0. The average Bonchev–Trinajstić information content (AvgIpc) is 2.52. The van der Waals surface area contributed by atoms with Gasteiger partial charge in [-0.15, -0.1) is 0 Å². The third-order valence-corrected chi connectivity index (χ3v) is 3.81. The molecular formula is C13H8F5NO2S. The largest absolute Gasteiger partial charge is 0.497 e. The number of hydrogen-bond donors (Lipinski definition) is 1. The summed E-state index contributed by atoms with van der Waals surface area (Å²) in [6.07, 6.45) is 0. The van der Waals surface area contributed by atoms with Crippen molar-refractivity contribution in [3.8, 4) is 5.75 Å². The highest BCUT2D eigenvalue weighted by Gasteiger charge is 2.29. The molecule has 0 heterocycles. The minimum Gasteiger partial charge on any atom is -0.497 e. The van der Waals surface area contributed by atoms with Crippen LogP contribution in [0.4, 0.5) is 27.6 Å². The van der Waals surface area contributed by atoms with Gasteiger partial charge in [0.2, 0.25) is 5.82 Å². The number of benzene rings is 2. The molecule has 1 unspecified atom stereocenters. The monoisotopic (exact) mass is 337 g/mol. The zero-order chi connectivity index (χ0) is 16.4. The summed E-state index contributed by atoms with van der Waals surface area (Å²) in [5.74, 6) is -10.4. The zero-order valence-electron chi connectivity index (χ0n) is 10.9. The maximum absolute atomic E-state index is 13.5. The van der Waals surface area contributed by atoms with E-state index in [1.807, 2.05) is 0 Å². The first-order valence-electron chi connectivity index (χ1n) is 5.70. The highest BCUT2D eigenvalue weighted by molar-refractivity contribution is 7.86. The van der Waals surface area contributed by atoms with Gasteiger partial charge in [-0.2, -0.15) is 0 Å². The van der Waals surface area contributed by atoms with Crippen molar-refractivity contribution in [3.05, 3.63) is 53.4 Å². The van der Waals surface area contributed by atoms with Crippen LogP contribution in [0, 0.1) is 29.1 Å². The fraction of sp³-hybridized carbons (Fsp3) is 0.0769. The van der Waals surface area contributed by atoms with Crippen LogP contribution in [0.2, 0.25) is 0 Å². The van der Waals surface area contributed by atoms with Crippen molar-refractivity contribution in [3.63, 3.8) is 0 Å². The van der Waals surface area contributed by atoms with E-state index in [2.05, 4.69) is 4.72 Å². The highest BCUT2D eigenvalue weighted by Crippen LogP contribution is 2.26. The number of halogens is 5. The number of methoxy groups -OCH3 is 1. The number of rotatable bonds is 4. The van der Waals surface area contributed by atoms with Crippen molar-refractivity contribution in [2.75, 3.05) is 11.8 Å². The first-order valence-corrected chi connectivity index (χ1v) is 6.85. The summed E-state index contributed by atoms with van der Waals surface area (Å²) in [4.78, 5) is -1.44. The van der Waals surface area contributed by atoms with Crippen molar-refractivity contribution < 1.29 is 30.9 Å². The molecule has 0 amide bonds. The molecule has 0 radical (unpaired) electrons. The zero-order valence-corrected chi connectivity index (χ0v) is 11.7. The van der Waals surface area contributed by atoms with E-state index in [0.29, 0.717) is 5.75 Å². The first kappa shape index (κ1) is 16.2. The van der Waals surface area contributed by atoms with Gasteiger partial charge in [-0.3, -0.25) is 0 Å². The van der Waals surface area contributed by atoms with E-state index in [4.69, 9.17) is 4.74 Å². The van der Waals surface area contributed by atoms with Crippen LogP contribution in [0.25, 0.3) is 0 Å². The van der Waals surface area contributed by atoms with Gasteiger partial charge in [-0.05, 0) is 24.3 Å². The maximum Gasteiger partial charge on any atom is 0.200 e. The van der Waals surface area contributed by atoms with Gasteiger partial charge in [0.1, 0.15) is 10.6 Å². The van der Waals surface area contributed by atoms with Gasteiger partial charge in [-0.25, -0.2) is 26.2 Å². The van der Waals surface area contributed by atoms with Crippen LogP contribution in [0.5, 0.6) is 5.75 Å². The topological polar surface area (TPSA) is 38.3 Å². The number of nitrogens with one attached hydrogen (secondary N) is 1. The second kappa shape index (κ2) is 6.30. The van der Waals surface area contributed by atoms with Crippen LogP contribution in [-0.4, -0.2) is 11.3 Å². The van der Waals surface area contributed by atoms with Crippen molar-refractivity contribution in [2.45, 2.75) is 4.90 Å². The summed E-state index contributed by atoms with van der Waals surface area (Å²) in [5.41, 5.74) is 0.142. The van der Waals surface area contributed by atoms with E-state index in [0.717, 1.165) is 0 Å². The van der Waals surface area contributed by atoms with Crippen molar-refractivity contribution in [2.24, 2.45) is 0 Å². The van der Waals surface area contributed by atoms with Crippen LogP contribution < -0.4 is 9.46 Å². The van der Waals surface area contributed by atoms with Gasteiger partial charge in [0.25, 0.3) is 0 Å². The fourth-order valence-corrected chi connectivity index (χ4v) is 2.52. The fourth-order valence-electron chi connectivity index (χ4n) is 1.56. The molecule has 0 spiro atoms. The molecule has 1 N–H and O–H groups in total. The van der Waals surface area contributed by atoms with Crippen molar-refractivity contribution in [1.82, 2.24) is 0 Å². The normalized spacial score (nSPS) is 12.1. The molecule has 118 valence electrons. The van der Waals surface area contributed by atoms with Gasteiger partial charge < -0.3 is 9.46 Å². The highest BCUT2D eigenvalue weighted by atomic mass is 32.2. The smallest absolute Gasteiger partial charge is 0.200 e. The maximum atomic E-state index is 13.5. The third kappa shape index (κ3) is 2.89. The Morgan fingerprint density at radius 1 is 0.864 bits per heavy atom. The van der Waals surface area contributed by atoms with Gasteiger partial charge in [0, 0.05) is 5.69 Å². The second-order valence-electron chi connectivity index (χ2n) is 4.00. The molecule has 0 fully saturated rings. The molecule has 1 atom stereocenters. The van der Waals surface area contributed by atoms with Gasteiger partial charge in [-0.1, -0.05) is 0 Å². The van der Waals surface area contributed by atoms with E-state index in [9.17, 15) is 26.2 Å². The number of ether oxygens (including phenoxy) is 1. The van der Waals surface area contributed by atoms with Gasteiger partial charge in [0.15, 0.2) is 34.3 Å². The predicted molar refractivity (Wildman–Crippen MR) is 69.3 cm³/mol. The standard InChI is InChI=1S/C13H8F5NO2S/c1-21-7-4-2-6(3-5-7)19-22(20)13-11(17)9(15)8(14)10(16)12(13)18/h2-5,19H,1H3. The van der Waals surface area contributed by atoms with E-state index in [-0.39, 0.29) is 5.69 Å². The Balaban J connectivity index is 2.37. The Labute approximate surface area is 124 Å². The summed E-state index contributed by atoms with van der Waals surface area (Å²) in [6, 6.07) is 5.64. The second-order valence-corrected chi connectivity index (χ2v) is 5.15. The minimum atomic E-state index is -2.68. The molecule has 0 aliphatic heterocycles.